The van der Waals surface area contributed by atoms with Gasteiger partial charge < -0.3 is 25.7 Å². The smallest absolute Gasteiger partial charge is 0.338 e. The highest BCUT2D eigenvalue weighted by molar-refractivity contribution is 5.90. The van der Waals surface area contributed by atoms with Crippen molar-refractivity contribution in [2.24, 2.45) is 0 Å². The van der Waals surface area contributed by atoms with Gasteiger partial charge in [0.15, 0.2) is 0 Å². The van der Waals surface area contributed by atoms with Crippen molar-refractivity contribution in [1.82, 2.24) is 0 Å². The van der Waals surface area contributed by atoms with Gasteiger partial charge in [0, 0.05) is 23.4 Å². The Balaban J connectivity index is 1.43. The highest BCUT2D eigenvalue weighted by atomic mass is 16.5. The first kappa shape index (κ1) is 26.0. The van der Waals surface area contributed by atoms with Crippen molar-refractivity contribution in [3.63, 3.8) is 0 Å². The van der Waals surface area contributed by atoms with Crippen LogP contribution >= 0.6 is 0 Å². The van der Waals surface area contributed by atoms with Crippen LogP contribution in [0.15, 0.2) is 61.2 Å². The van der Waals surface area contributed by atoms with Gasteiger partial charge in [0.05, 0.1) is 24.9 Å². The lowest BCUT2D eigenvalue weighted by molar-refractivity contribution is -0.138. The van der Waals surface area contributed by atoms with E-state index in [9.17, 15) is 9.59 Å². The zero-order valence-corrected chi connectivity index (χ0v) is 20.2. The lowest BCUT2D eigenvalue weighted by atomic mass is 9.95. The first-order valence-electron chi connectivity index (χ1n) is 11.9. The van der Waals surface area contributed by atoms with Crippen LogP contribution in [0.25, 0.3) is 6.08 Å². The molecule has 0 radical (unpaired) electrons. The van der Waals surface area contributed by atoms with Crippen molar-refractivity contribution in [2.45, 2.75) is 50.7 Å². The number of esters is 2. The number of nitrogen functional groups attached to an aromatic ring is 2. The molecule has 1 unspecified atom stereocenters. The summed E-state index contributed by atoms with van der Waals surface area (Å²) in [5.74, 6) is -0.838. The summed E-state index contributed by atoms with van der Waals surface area (Å²) in [5, 5.41) is 0. The number of nitrogens with two attached hydrogens (primary N) is 2. The normalized spacial score (nSPS) is 18.7. The summed E-state index contributed by atoms with van der Waals surface area (Å²) in [4.78, 5) is 24.6. The van der Waals surface area contributed by atoms with Gasteiger partial charge in [-0.05, 0) is 73.2 Å². The summed E-state index contributed by atoms with van der Waals surface area (Å²) in [5.41, 5.74) is 15.0. The minimum Gasteiger partial charge on any atom is -0.462 e. The summed E-state index contributed by atoms with van der Waals surface area (Å²) < 4.78 is 16.7. The average molecular weight is 479 g/mol. The lowest BCUT2D eigenvalue weighted by Gasteiger charge is -2.28. The molecule has 0 amide bonds. The van der Waals surface area contributed by atoms with E-state index >= 15 is 0 Å². The van der Waals surface area contributed by atoms with Gasteiger partial charge in [0.25, 0.3) is 0 Å². The number of carbonyl (C=O) groups is 2. The molecule has 35 heavy (non-hydrogen) atoms. The molecule has 1 saturated carbocycles. The third-order valence-corrected chi connectivity index (χ3v) is 5.95. The highest BCUT2D eigenvalue weighted by Crippen LogP contribution is 2.25. The zero-order valence-electron chi connectivity index (χ0n) is 20.2. The fraction of sp³-hybridized carbons (Fsp3) is 0.357. The molecule has 186 valence electrons. The van der Waals surface area contributed by atoms with Crippen LogP contribution in [0, 0.1) is 0 Å². The van der Waals surface area contributed by atoms with E-state index in [1.807, 2.05) is 19.1 Å². The van der Waals surface area contributed by atoms with E-state index in [1.54, 1.807) is 42.5 Å². The first-order valence-corrected chi connectivity index (χ1v) is 11.9. The Hall–Kier alpha value is -3.58. The highest BCUT2D eigenvalue weighted by Gasteiger charge is 2.24. The van der Waals surface area contributed by atoms with Gasteiger partial charge in [0.2, 0.25) is 0 Å². The third kappa shape index (κ3) is 8.30. The Morgan fingerprint density at radius 2 is 1.66 bits per heavy atom. The number of benzene rings is 2. The van der Waals surface area contributed by atoms with Gasteiger partial charge in [-0.1, -0.05) is 25.1 Å². The van der Waals surface area contributed by atoms with Gasteiger partial charge in [0.1, 0.15) is 6.10 Å². The standard InChI is InChI=1S/C28H34N2O5/c1-3-14-33-25-9-11-26(12-10-25)35-28(32)21-7-4-20(5-8-21)6-13-27(31)34-18-19(2)22-15-23(29)17-24(30)16-22/h3-8,13,15-17,19,25-26H,1,9-12,14,18,29-30H2,2H3/b13-6+. The summed E-state index contributed by atoms with van der Waals surface area (Å²) in [6.07, 6.45) is 8.20. The van der Waals surface area contributed by atoms with E-state index in [2.05, 4.69) is 6.58 Å². The van der Waals surface area contributed by atoms with Gasteiger partial charge in [-0.25, -0.2) is 9.59 Å². The molecule has 1 fully saturated rings. The molecule has 0 bridgehead atoms. The summed E-state index contributed by atoms with van der Waals surface area (Å²) >= 11 is 0. The molecule has 1 aliphatic carbocycles. The van der Waals surface area contributed by atoms with Gasteiger partial charge in [-0.3, -0.25) is 0 Å². The SMILES string of the molecule is C=CCOC1CCC(OC(=O)c2ccc(/C=C/C(=O)OCC(C)c3cc(N)cc(N)c3)cc2)CC1. The van der Waals surface area contributed by atoms with Crippen molar-refractivity contribution in [2.75, 3.05) is 24.7 Å². The molecule has 0 saturated heterocycles. The molecular weight excluding hydrogens is 444 g/mol. The van der Waals surface area contributed by atoms with Crippen LogP contribution < -0.4 is 11.5 Å². The lowest BCUT2D eigenvalue weighted by Crippen LogP contribution is -2.28. The zero-order chi connectivity index (χ0) is 25.2. The Morgan fingerprint density at radius 3 is 2.29 bits per heavy atom. The second-order valence-electron chi connectivity index (χ2n) is 8.85. The molecule has 7 nitrogen and oxygen atoms in total. The van der Waals surface area contributed by atoms with Crippen molar-refractivity contribution in [3.8, 4) is 0 Å². The van der Waals surface area contributed by atoms with Gasteiger partial charge >= 0.3 is 11.9 Å². The summed E-state index contributed by atoms with van der Waals surface area (Å²) in [7, 11) is 0. The Kier molecular flexibility index (Phi) is 9.49. The molecule has 0 heterocycles. The molecular formula is C28H34N2O5. The van der Waals surface area contributed by atoms with E-state index in [1.165, 1.54) is 6.08 Å². The second-order valence-corrected chi connectivity index (χ2v) is 8.85. The van der Waals surface area contributed by atoms with Crippen LogP contribution in [0.3, 0.4) is 0 Å². The summed E-state index contributed by atoms with van der Waals surface area (Å²) in [6.45, 7) is 6.35. The maximum atomic E-state index is 12.5. The molecule has 2 aromatic rings. The maximum Gasteiger partial charge on any atom is 0.338 e. The molecule has 1 atom stereocenters. The molecule has 0 aromatic heterocycles. The van der Waals surface area contributed by atoms with Crippen LogP contribution in [-0.4, -0.2) is 37.4 Å². The van der Waals surface area contributed by atoms with Crippen molar-refractivity contribution >= 4 is 29.4 Å². The molecule has 0 spiro atoms. The topological polar surface area (TPSA) is 114 Å². The number of carbonyl (C=O) groups excluding carboxylic acids is 2. The van der Waals surface area contributed by atoms with Crippen LogP contribution in [-0.2, 0) is 19.0 Å². The Labute approximate surface area is 206 Å². The fourth-order valence-electron chi connectivity index (χ4n) is 3.97. The second kappa shape index (κ2) is 12.8. The largest absolute Gasteiger partial charge is 0.462 e. The molecule has 4 N–H and O–H groups in total. The minimum absolute atomic E-state index is 0.0434. The van der Waals surface area contributed by atoms with Crippen molar-refractivity contribution in [3.05, 3.63) is 77.9 Å². The predicted molar refractivity (Wildman–Crippen MR) is 138 cm³/mol. The van der Waals surface area contributed by atoms with Crippen LogP contribution in [0.2, 0.25) is 0 Å². The van der Waals surface area contributed by atoms with E-state index in [0.29, 0.717) is 23.5 Å². The maximum absolute atomic E-state index is 12.5. The average Bonchev–Trinajstić information content (AvgIpc) is 2.85. The molecule has 3 rings (SSSR count). The van der Waals surface area contributed by atoms with Crippen LogP contribution in [0.4, 0.5) is 11.4 Å². The predicted octanol–water partition coefficient (Wildman–Crippen LogP) is 4.88. The Morgan fingerprint density at radius 1 is 1.03 bits per heavy atom. The molecule has 7 heteroatoms. The van der Waals surface area contributed by atoms with Gasteiger partial charge in [-0.15, -0.1) is 6.58 Å². The fourth-order valence-corrected chi connectivity index (χ4v) is 3.97. The minimum atomic E-state index is -0.454. The van der Waals surface area contributed by atoms with Crippen LogP contribution in [0.1, 0.15) is 60.0 Å². The monoisotopic (exact) mass is 478 g/mol. The Bertz CT molecular complexity index is 1020. The number of hydrogen-bond donors (Lipinski definition) is 2. The van der Waals surface area contributed by atoms with E-state index in [0.717, 1.165) is 36.8 Å². The van der Waals surface area contributed by atoms with E-state index in [4.69, 9.17) is 25.7 Å². The van der Waals surface area contributed by atoms with Crippen molar-refractivity contribution < 1.29 is 23.8 Å². The number of anilines is 2. The number of hydrogen-bond acceptors (Lipinski definition) is 7. The van der Waals surface area contributed by atoms with E-state index in [-0.39, 0.29) is 30.7 Å². The number of rotatable bonds is 10. The molecule has 0 aliphatic heterocycles. The first-order chi connectivity index (χ1) is 16.8. The molecule has 2 aromatic carbocycles. The van der Waals surface area contributed by atoms with E-state index < -0.39 is 5.97 Å². The van der Waals surface area contributed by atoms with Crippen molar-refractivity contribution in [1.29, 1.82) is 0 Å². The number of ether oxygens (including phenoxy) is 3. The summed E-state index contributed by atoms with van der Waals surface area (Å²) in [6, 6.07) is 12.2. The molecule has 1 aliphatic rings. The third-order valence-electron chi connectivity index (χ3n) is 5.95. The van der Waals surface area contributed by atoms with Crippen LogP contribution in [0.5, 0.6) is 0 Å². The quantitative estimate of drug-likeness (QED) is 0.216. The van der Waals surface area contributed by atoms with Gasteiger partial charge in [-0.2, -0.15) is 0 Å².